The molecule has 1 rings (SSSR count). The second-order valence-corrected chi connectivity index (χ2v) is 5.48. The molecular formula is C14H26N2. The van der Waals surface area contributed by atoms with Crippen LogP contribution in [0, 0.1) is 5.92 Å². The summed E-state index contributed by atoms with van der Waals surface area (Å²) in [5.74, 6) is 1.37. The van der Waals surface area contributed by atoms with E-state index in [2.05, 4.69) is 45.9 Å². The summed E-state index contributed by atoms with van der Waals surface area (Å²) in [5.41, 5.74) is 2.61. The third-order valence-corrected chi connectivity index (χ3v) is 3.05. The SMILES string of the molecule is CC(C)CCCCc1cc(C(C)C)nn1C. The van der Waals surface area contributed by atoms with Crippen LogP contribution in [-0.4, -0.2) is 9.78 Å². The fraction of sp³-hybridized carbons (Fsp3) is 0.786. The van der Waals surface area contributed by atoms with Gasteiger partial charge in [0.25, 0.3) is 0 Å². The highest BCUT2D eigenvalue weighted by molar-refractivity contribution is 5.13. The summed E-state index contributed by atoms with van der Waals surface area (Å²) in [7, 11) is 2.06. The van der Waals surface area contributed by atoms with E-state index in [4.69, 9.17) is 0 Å². The van der Waals surface area contributed by atoms with Crippen LogP contribution in [-0.2, 0) is 13.5 Å². The molecule has 0 N–H and O–H groups in total. The number of hydrogen-bond donors (Lipinski definition) is 0. The largest absolute Gasteiger partial charge is 0.272 e. The van der Waals surface area contributed by atoms with Crippen LogP contribution < -0.4 is 0 Å². The Morgan fingerprint density at radius 3 is 2.38 bits per heavy atom. The maximum atomic E-state index is 4.54. The van der Waals surface area contributed by atoms with Gasteiger partial charge in [-0.1, -0.05) is 40.5 Å². The van der Waals surface area contributed by atoms with Crippen LogP contribution in [0.3, 0.4) is 0 Å². The Morgan fingerprint density at radius 2 is 1.88 bits per heavy atom. The summed E-state index contributed by atoms with van der Waals surface area (Å²) in [6.45, 7) is 8.98. The van der Waals surface area contributed by atoms with Crippen LogP contribution in [0.2, 0.25) is 0 Å². The molecule has 0 saturated carbocycles. The van der Waals surface area contributed by atoms with E-state index in [-0.39, 0.29) is 0 Å². The number of nitrogens with zero attached hydrogens (tertiary/aromatic N) is 2. The molecular weight excluding hydrogens is 196 g/mol. The fourth-order valence-corrected chi connectivity index (χ4v) is 1.91. The van der Waals surface area contributed by atoms with Gasteiger partial charge in [0, 0.05) is 12.7 Å². The minimum atomic E-state index is 0.538. The first-order chi connectivity index (χ1) is 7.50. The first-order valence-corrected chi connectivity index (χ1v) is 6.53. The molecule has 0 fully saturated rings. The lowest BCUT2D eigenvalue weighted by Crippen LogP contribution is -1.99. The number of aromatic nitrogens is 2. The highest BCUT2D eigenvalue weighted by Crippen LogP contribution is 2.16. The van der Waals surface area contributed by atoms with Crippen molar-refractivity contribution < 1.29 is 0 Å². The fourth-order valence-electron chi connectivity index (χ4n) is 1.91. The van der Waals surface area contributed by atoms with Gasteiger partial charge in [-0.15, -0.1) is 0 Å². The maximum Gasteiger partial charge on any atom is 0.0652 e. The molecule has 1 heterocycles. The van der Waals surface area contributed by atoms with Crippen molar-refractivity contribution in [2.24, 2.45) is 13.0 Å². The van der Waals surface area contributed by atoms with Crippen LogP contribution in [0.1, 0.15) is 64.3 Å². The Balaban J connectivity index is 2.41. The Kier molecular flexibility index (Phi) is 5.04. The van der Waals surface area contributed by atoms with Crippen LogP contribution >= 0.6 is 0 Å². The number of unbranched alkanes of at least 4 members (excludes halogenated alkanes) is 1. The van der Waals surface area contributed by atoms with E-state index in [0.717, 1.165) is 5.92 Å². The van der Waals surface area contributed by atoms with Crippen LogP contribution in [0.15, 0.2) is 6.07 Å². The van der Waals surface area contributed by atoms with Gasteiger partial charge in [-0.05, 0) is 30.7 Å². The first kappa shape index (κ1) is 13.3. The number of hydrogen-bond acceptors (Lipinski definition) is 1. The van der Waals surface area contributed by atoms with Crippen molar-refractivity contribution in [3.8, 4) is 0 Å². The Labute approximate surface area is 100 Å². The maximum absolute atomic E-state index is 4.54. The highest BCUT2D eigenvalue weighted by Gasteiger charge is 2.07. The monoisotopic (exact) mass is 222 g/mol. The zero-order chi connectivity index (χ0) is 12.1. The molecule has 92 valence electrons. The molecule has 0 aliphatic rings. The molecule has 0 aliphatic heterocycles. The lowest BCUT2D eigenvalue weighted by Gasteiger charge is -2.04. The summed E-state index contributed by atoms with van der Waals surface area (Å²) in [6.07, 6.45) is 5.13. The summed E-state index contributed by atoms with van der Waals surface area (Å²) in [6, 6.07) is 2.26. The van der Waals surface area contributed by atoms with Crippen LogP contribution in [0.25, 0.3) is 0 Å². The van der Waals surface area contributed by atoms with E-state index < -0.39 is 0 Å². The molecule has 0 spiro atoms. The first-order valence-electron chi connectivity index (χ1n) is 6.53. The predicted octanol–water partition coefficient (Wildman–Crippen LogP) is 3.91. The van der Waals surface area contributed by atoms with E-state index in [0.29, 0.717) is 5.92 Å². The van der Waals surface area contributed by atoms with Gasteiger partial charge in [0.1, 0.15) is 0 Å². The molecule has 0 radical (unpaired) electrons. The van der Waals surface area contributed by atoms with Crippen molar-refractivity contribution in [1.82, 2.24) is 9.78 Å². The smallest absolute Gasteiger partial charge is 0.0652 e. The van der Waals surface area contributed by atoms with Gasteiger partial charge < -0.3 is 0 Å². The van der Waals surface area contributed by atoms with Crippen molar-refractivity contribution in [3.63, 3.8) is 0 Å². The summed E-state index contributed by atoms with van der Waals surface area (Å²) in [5, 5.41) is 4.54. The third kappa shape index (κ3) is 3.99. The lowest BCUT2D eigenvalue weighted by molar-refractivity contribution is 0.531. The van der Waals surface area contributed by atoms with Gasteiger partial charge in [-0.3, -0.25) is 4.68 Å². The average molecular weight is 222 g/mol. The van der Waals surface area contributed by atoms with Gasteiger partial charge in [0.15, 0.2) is 0 Å². The number of rotatable bonds is 6. The average Bonchev–Trinajstić information content (AvgIpc) is 2.55. The lowest BCUT2D eigenvalue weighted by atomic mass is 10.0. The summed E-state index contributed by atoms with van der Waals surface area (Å²) in [4.78, 5) is 0. The highest BCUT2D eigenvalue weighted by atomic mass is 15.3. The minimum Gasteiger partial charge on any atom is -0.272 e. The van der Waals surface area contributed by atoms with Crippen LogP contribution in [0.4, 0.5) is 0 Å². The molecule has 0 aromatic carbocycles. The second kappa shape index (κ2) is 6.07. The van der Waals surface area contributed by atoms with Crippen molar-refractivity contribution in [1.29, 1.82) is 0 Å². The normalized spacial score (nSPS) is 11.7. The van der Waals surface area contributed by atoms with Gasteiger partial charge in [0.05, 0.1) is 5.69 Å². The standard InChI is InChI=1S/C14H26N2/c1-11(2)8-6-7-9-13-10-14(12(3)4)15-16(13)5/h10-12H,6-9H2,1-5H3. The van der Waals surface area contributed by atoms with E-state index in [1.807, 2.05) is 4.68 Å². The zero-order valence-electron chi connectivity index (χ0n) is 11.5. The third-order valence-electron chi connectivity index (χ3n) is 3.05. The summed E-state index contributed by atoms with van der Waals surface area (Å²) >= 11 is 0. The van der Waals surface area contributed by atoms with Crippen molar-refractivity contribution in [3.05, 3.63) is 17.5 Å². The summed E-state index contributed by atoms with van der Waals surface area (Å²) < 4.78 is 2.05. The van der Waals surface area contributed by atoms with Gasteiger partial charge in [-0.2, -0.15) is 5.10 Å². The van der Waals surface area contributed by atoms with Crippen molar-refractivity contribution in [2.45, 2.75) is 59.3 Å². The molecule has 0 saturated heterocycles. The zero-order valence-corrected chi connectivity index (χ0v) is 11.5. The van der Waals surface area contributed by atoms with E-state index >= 15 is 0 Å². The van der Waals surface area contributed by atoms with Crippen molar-refractivity contribution in [2.75, 3.05) is 0 Å². The van der Waals surface area contributed by atoms with Gasteiger partial charge >= 0.3 is 0 Å². The second-order valence-electron chi connectivity index (χ2n) is 5.48. The number of aryl methyl sites for hydroxylation is 2. The van der Waals surface area contributed by atoms with E-state index in [9.17, 15) is 0 Å². The molecule has 1 aromatic rings. The topological polar surface area (TPSA) is 17.8 Å². The Bertz CT molecular complexity index is 311. The van der Waals surface area contributed by atoms with Gasteiger partial charge in [0.2, 0.25) is 0 Å². The minimum absolute atomic E-state index is 0.538. The molecule has 0 bridgehead atoms. The molecule has 0 unspecified atom stereocenters. The van der Waals surface area contributed by atoms with Gasteiger partial charge in [-0.25, -0.2) is 0 Å². The quantitative estimate of drug-likeness (QED) is 0.667. The molecule has 0 atom stereocenters. The predicted molar refractivity (Wildman–Crippen MR) is 69.7 cm³/mol. The van der Waals surface area contributed by atoms with Crippen molar-refractivity contribution >= 4 is 0 Å². The molecule has 0 aliphatic carbocycles. The Morgan fingerprint density at radius 1 is 1.19 bits per heavy atom. The molecule has 1 aromatic heterocycles. The van der Waals surface area contributed by atoms with Crippen LogP contribution in [0.5, 0.6) is 0 Å². The molecule has 16 heavy (non-hydrogen) atoms. The molecule has 0 amide bonds. The molecule has 2 nitrogen and oxygen atoms in total. The Hall–Kier alpha value is -0.790. The van der Waals surface area contributed by atoms with E-state index in [1.54, 1.807) is 0 Å². The molecule has 2 heteroatoms. The van der Waals surface area contributed by atoms with E-state index in [1.165, 1.54) is 37.1 Å².